The maximum atomic E-state index is 11.3. The topological polar surface area (TPSA) is 54.0 Å². The average Bonchev–Trinajstić information content (AvgIpc) is 2.82. The number of anilines is 1. The van der Waals surface area contributed by atoms with E-state index in [2.05, 4.69) is 21.7 Å². The Kier molecular flexibility index (Phi) is 3.40. The molecule has 0 unspecified atom stereocenters. The number of nitrogens with one attached hydrogen (secondary N) is 2. The highest BCUT2D eigenvalue weighted by Gasteiger charge is 2.14. The van der Waals surface area contributed by atoms with Crippen molar-refractivity contribution in [3.05, 3.63) is 44.9 Å². The van der Waals surface area contributed by atoms with Crippen LogP contribution >= 0.6 is 22.9 Å². The quantitative estimate of drug-likeness (QED) is 0.914. The molecule has 1 aliphatic rings. The molecule has 0 saturated carbocycles. The summed E-state index contributed by atoms with van der Waals surface area (Å²) in [5, 5.41) is 6.19. The van der Waals surface area contributed by atoms with Crippen LogP contribution in [0.2, 0.25) is 4.47 Å². The van der Waals surface area contributed by atoms with Crippen molar-refractivity contribution >= 4 is 34.5 Å². The summed E-state index contributed by atoms with van der Waals surface area (Å²) in [7, 11) is 0. The molecule has 0 fully saturated rings. The summed E-state index contributed by atoms with van der Waals surface area (Å²) in [5.41, 5.74) is 3.32. The fraction of sp³-hybridized carbons (Fsp3) is 0.231. The summed E-state index contributed by atoms with van der Waals surface area (Å²) in [5.74, 6) is 0.0903. The van der Waals surface area contributed by atoms with Crippen molar-refractivity contribution in [2.45, 2.75) is 19.5 Å². The number of aromatic nitrogens is 1. The normalized spacial score (nSPS) is 13.8. The predicted molar refractivity (Wildman–Crippen MR) is 76.4 cm³/mol. The van der Waals surface area contributed by atoms with Gasteiger partial charge in [-0.05, 0) is 23.3 Å². The molecule has 1 aliphatic heterocycles. The minimum absolute atomic E-state index is 0.0903. The van der Waals surface area contributed by atoms with Crippen LogP contribution in [0.4, 0.5) is 5.69 Å². The Balaban J connectivity index is 1.70. The van der Waals surface area contributed by atoms with Crippen LogP contribution in [0.25, 0.3) is 0 Å². The Labute approximate surface area is 119 Å². The van der Waals surface area contributed by atoms with Crippen molar-refractivity contribution in [2.75, 3.05) is 5.32 Å². The van der Waals surface area contributed by atoms with Crippen molar-refractivity contribution in [1.29, 1.82) is 0 Å². The lowest BCUT2D eigenvalue weighted by Crippen LogP contribution is -2.30. The lowest BCUT2D eigenvalue weighted by Gasteiger charge is -2.17. The molecule has 1 amide bonds. The van der Waals surface area contributed by atoms with Gasteiger partial charge >= 0.3 is 0 Å². The molecule has 0 radical (unpaired) electrons. The molecule has 0 bridgehead atoms. The van der Waals surface area contributed by atoms with Crippen molar-refractivity contribution in [1.82, 2.24) is 10.3 Å². The van der Waals surface area contributed by atoms with Crippen LogP contribution in [0.5, 0.6) is 0 Å². The van der Waals surface area contributed by atoms with Gasteiger partial charge < -0.3 is 10.6 Å². The zero-order valence-corrected chi connectivity index (χ0v) is 11.6. The van der Waals surface area contributed by atoms with Gasteiger partial charge in [0, 0.05) is 23.3 Å². The Morgan fingerprint density at radius 2 is 2.32 bits per heavy atom. The molecule has 2 N–H and O–H groups in total. The van der Waals surface area contributed by atoms with Gasteiger partial charge in [-0.25, -0.2) is 4.98 Å². The molecule has 98 valence electrons. The van der Waals surface area contributed by atoms with E-state index in [-0.39, 0.29) is 5.91 Å². The number of hydrogen-bond acceptors (Lipinski definition) is 4. The van der Waals surface area contributed by atoms with Crippen molar-refractivity contribution in [2.24, 2.45) is 0 Å². The van der Waals surface area contributed by atoms with E-state index in [1.807, 2.05) is 12.1 Å². The van der Waals surface area contributed by atoms with Crippen LogP contribution < -0.4 is 10.6 Å². The number of amides is 1. The van der Waals surface area contributed by atoms with Gasteiger partial charge in [0.25, 0.3) is 0 Å². The summed E-state index contributed by atoms with van der Waals surface area (Å²) < 4.78 is 0.560. The van der Waals surface area contributed by atoms with Gasteiger partial charge in [-0.3, -0.25) is 4.79 Å². The first-order chi connectivity index (χ1) is 9.20. The molecule has 0 saturated heterocycles. The maximum Gasteiger partial charge on any atom is 0.224 e. The molecule has 19 heavy (non-hydrogen) atoms. The molecule has 4 nitrogen and oxygen atoms in total. The highest BCUT2D eigenvalue weighted by Crippen LogP contribution is 2.22. The van der Waals surface area contributed by atoms with Crippen LogP contribution in [-0.2, 0) is 24.3 Å². The highest BCUT2D eigenvalue weighted by atomic mass is 35.5. The largest absolute Gasteiger partial charge is 0.380 e. The number of benzene rings is 1. The molecular formula is C13H12ClN3OS. The lowest BCUT2D eigenvalue weighted by atomic mass is 10.00. The van der Waals surface area contributed by atoms with Gasteiger partial charge in [-0.2, -0.15) is 0 Å². The summed E-state index contributed by atoms with van der Waals surface area (Å²) in [6, 6.07) is 6.09. The second-order valence-electron chi connectivity index (χ2n) is 4.37. The lowest BCUT2D eigenvalue weighted by molar-refractivity contribution is -0.121. The third-order valence-corrected chi connectivity index (χ3v) is 4.14. The van der Waals surface area contributed by atoms with E-state index in [0.717, 1.165) is 16.1 Å². The molecule has 1 aromatic heterocycles. The van der Waals surface area contributed by atoms with Crippen LogP contribution in [0.15, 0.2) is 24.4 Å². The number of carbonyl (C=O) groups is 1. The van der Waals surface area contributed by atoms with E-state index in [1.54, 1.807) is 6.20 Å². The van der Waals surface area contributed by atoms with E-state index in [4.69, 9.17) is 11.6 Å². The number of thiazole rings is 1. The summed E-state index contributed by atoms with van der Waals surface area (Å²) >= 11 is 7.26. The molecule has 2 heterocycles. The Bertz CT molecular complexity index is 626. The van der Waals surface area contributed by atoms with Crippen LogP contribution in [0.1, 0.15) is 16.0 Å². The van der Waals surface area contributed by atoms with Crippen LogP contribution in [0, 0.1) is 0 Å². The summed E-state index contributed by atoms with van der Waals surface area (Å²) in [6.07, 6.45) is 2.25. The number of hydrogen-bond donors (Lipinski definition) is 2. The highest BCUT2D eigenvalue weighted by molar-refractivity contribution is 7.15. The molecule has 0 spiro atoms. The SMILES string of the molecule is O=C1Cc2ccc(NCc3cnc(Cl)s3)cc2CN1. The Morgan fingerprint density at radius 1 is 1.42 bits per heavy atom. The first-order valence-corrected chi connectivity index (χ1v) is 7.13. The number of fused-ring (bicyclic) bond motifs is 1. The minimum atomic E-state index is 0.0903. The molecule has 0 atom stereocenters. The average molecular weight is 294 g/mol. The van der Waals surface area contributed by atoms with Crippen molar-refractivity contribution < 1.29 is 4.79 Å². The Hall–Kier alpha value is -1.59. The minimum Gasteiger partial charge on any atom is -0.380 e. The fourth-order valence-electron chi connectivity index (χ4n) is 2.06. The molecule has 3 rings (SSSR count). The summed E-state index contributed by atoms with van der Waals surface area (Å²) in [4.78, 5) is 16.4. The predicted octanol–water partition coefficient (Wildman–Crippen LogP) is 2.58. The standard InChI is InChI=1S/C13H12ClN3OS/c14-13-17-7-11(19-13)6-15-10-2-1-8-4-12(18)16-5-9(8)3-10/h1-3,7,15H,4-6H2,(H,16,18). The molecule has 2 aromatic rings. The van der Waals surface area contributed by atoms with E-state index < -0.39 is 0 Å². The summed E-state index contributed by atoms with van der Waals surface area (Å²) in [6.45, 7) is 1.31. The fourth-order valence-corrected chi connectivity index (χ4v) is 2.97. The van der Waals surface area contributed by atoms with Gasteiger partial charge in [-0.1, -0.05) is 17.7 Å². The Morgan fingerprint density at radius 3 is 3.11 bits per heavy atom. The zero-order chi connectivity index (χ0) is 13.2. The van der Waals surface area contributed by atoms with Gasteiger partial charge in [-0.15, -0.1) is 11.3 Å². The van der Waals surface area contributed by atoms with E-state index in [1.165, 1.54) is 16.9 Å². The molecule has 6 heteroatoms. The zero-order valence-electron chi connectivity index (χ0n) is 10.1. The second-order valence-corrected chi connectivity index (χ2v) is 6.07. The molecular weight excluding hydrogens is 282 g/mol. The smallest absolute Gasteiger partial charge is 0.224 e. The first-order valence-electron chi connectivity index (χ1n) is 5.93. The van der Waals surface area contributed by atoms with Gasteiger partial charge in [0.2, 0.25) is 5.91 Å². The van der Waals surface area contributed by atoms with Crippen LogP contribution in [0.3, 0.4) is 0 Å². The van der Waals surface area contributed by atoms with E-state index in [0.29, 0.717) is 24.0 Å². The number of carbonyl (C=O) groups excluding carboxylic acids is 1. The van der Waals surface area contributed by atoms with Gasteiger partial charge in [0.1, 0.15) is 0 Å². The monoisotopic (exact) mass is 293 g/mol. The molecule has 1 aromatic carbocycles. The van der Waals surface area contributed by atoms with Crippen LogP contribution in [-0.4, -0.2) is 10.9 Å². The first kappa shape index (κ1) is 12.4. The third-order valence-electron chi connectivity index (χ3n) is 3.03. The number of nitrogens with zero attached hydrogens (tertiary/aromatic N) is 1. The third kappa shape index (κ3) is 2.88. The van der Waals surface area contributed by atoms with Gasteiger partial charge in [0.05, 0.1) is 13.0 Å². The van der Waals surface area contributed by atoms with E-state index in [9.17, 15) is 4.79 Å². The van der Waals surface area contributed by atoms with Crippen molar-refractivity contribution in [3.63, 3.8) is 0 Å². The van der Waals surface area contributed by atoms with Crippen molar-refractivity contribution in [3.8, 4) is 0 Å². The second kappa shape index (κ2) is 5.19. The van der Waals surface area contributed by atoms with Gasteiger partial charge in [0.15, 0.2) is 4.47 Å². The van der Waals surface area contributed by atoms with E-state index >= 15 is 0 Å². The number of halogens is 1. The molecule has 0 aliphatic carbocycles. The number of rotatable bonds is 3. The maximum absolute atomic E-state index is 11.3.